The van der Waals surface area contributed by atoms with Crippen molar-refractivity contribution in [3.8, 4) is 6.07 Å². The number of hydrogen-bond acceptors (Lipinski definition) is 3. The Labute approximate surface area is 144 Å². The number of thiophene rings is 1. The Morgan fingerprint density at radius 2 is 2.13 bits per heavy atom. The van der Waals surface area contributed by atoms with Crippen LogP contribution < -0.4 is 5.32 Å². The summed E-state index contributed by atoms with van der Waals surface area (Å²) in [7, 11) is 0. The van der Waals surface area contributed by atoms with Gasteiger partial charge in [-0.25, -0.2) is 0 Å². The highest BCUT2D eigenvalue weighted by Gasteiger charge is 2.32. The van der Waals surface area contributed by atoms with Crippen molar-refractivity contribution in [1.82, 2.24) is 0 Å². The zero-order valence-corrected chi connectivity index (χ0v) is 15.6. The van der Waals surface area contributed by atoms with Crippen molar-refractivity contribution in [3.63, 3.8) is 0 Å². The van der Waals surface area contributed by atoms with Gasteiger partial charge >= 0.3 is 0 Å². The van der Waals surface area contributed by atoms with Gasteiger partial charge in [-0.1, -0.05) is 40.5 Å². The van der Waals surface area contributed by atoms with E-state index in [1.807, 2.05) is 0 Å². The van der Waals surface area contributed by atoms with Crippen LogP contribution in [0.3, 0.4) is 0 Å². The van der Waals surface area contributed by atoms with E-state index in [1.54, 1.807) is 11.3 Å². The van der Waals surface area contributed by atoms with Gasteiger partial charge in [-0.05, 0) is 42.6 Å². The largest absolute Gasteiger partial charge is 0.317 e. The van der Waals surface area contributed by atoms with Crippen LogP contribution in [0.4, 0.5) is 5.00 Å². The van der Waals surface area contributed by atoms with Crippen LogP contribution in [0.5, 0.6) is 0 Å². The van der Waals surface area contributed by atoms with Crippen LogP contribution in [0.25, 0.3) is 0 Å². The minimum absolute atomic E-state index is 0.0425. The smallest absolute Gasteiger partial charge is 0.225 e. The highest BCUT2D eigenvalue weighted by molar-refractivity contribution is 7.16. The number of rotatable bonds is 5. The average Bonchev–Trinajstić information content (AvgIpc) is 2.82. The van der Waals surface area contributed by atoms with E-state index >= 15 is 0 Å². The summed E-state index contributed by atoms with van der Waals surface area (Å²) in [4.78, 5) is 13.4. The highest BCUT2D eigenvalue weighted by Crippen LogP contribution is 2.43. The first-order valence-electron chi connectivity index (χ1n) is 8.71. The number of unbranched alkanes of at least 4 members (excludes halogenated alkanes) is 2. The van der Waals surface area contributed by atoms with Crippen LogP contribution >= 0.6 is 11.3 Å². The van der Waals surface area contributed by atoms with Crippen molar-refractivity contribution in [3.05, 3.63) is 16.0 Å². The quantitative estimate of drug-likeness (QED) is 0.745. The fraction of sp³-hybridized carbons (Fsp3) is 0.684. The normalized spacial score (nSPS) is 17.4. The van der Waals surface area contributed by atoms with E-state index in [0.717, 1.165) is 43.5 Å². The summed E-state index contributed by atoms with van der Waals surface area (Å²) in [6, 6.07) is 2.33. The Morgan fingerprint density at radius 1 is 1.39 bits per heavy atom. The SMILES string of the molecule is CCCCCC(=O)Nc1sc2c(c1C#N)CCC(C(C)(C)C)C2. The molecule has 2 rings (SSSR count). The molecule has 126 valence electrons. The van der Waals surface area contributed by atoms with E-state index in [2.05, 4.69) is 39.1 Å². The summed E-state index contributed by atoms with van der Waals surface area (Å²) in [5.41, 5.74) is 2.18. The molecule has 1 aromatic rings. The van der Waals surface area contributed by atoms with Crippen molar-refractivity contribution in [2.75, 3.05) is 5.32 Å². The first-order valence-corrected chi connectivity index (χ1v) is 9.53. The monoisotopic (exact) mass is 332 g/mol. The Hall–Kier alpha value is -1.34. The average molecular weight is 333 g/mol. The minimum atomic E-state index is 0.0425. The molecule has 1 aliphatic rings. The summed E-state index contributed by atoms with van der Waals surface area (Å²) in [6.07, 6.45) is 6.77. The molecule has 0 bridgehead atoms. The number of hydrogen-bond donors (Lipinski definition) is 1. The molecule has 1 heterocycles. The van der Waals surface area contributed by atoms with Gasteiger partial charge in [-0.3, -0.25) is 4.79 Å². The second kappa shape index (κ2) is 7.49. The Balaban J connectivity index is 2.13. The molecule has 0 saturated heterocycles. The molecule has 1 aromatic heterocycles. The standard InChI is InChI=1S/C19H28N2OS/c1-5-6-7-8-17(22)21-18-15(12-20)14-10-9-13(19(2,3)4)11-16(14)23-18/h13H,5-11H2,1-4H3,(H,21,22). The Morgan fingerprint density at radius 3 is 2.74 bits per heavy atom. The van der Waals surface area contributed by atoms with E-state index in [1.165, 1.54) is 10.4 Å². The third-order valence-corrected chi connectivity index (χ3v) is 6.03. The third-order valence-electron chi connectivity index (χ3n) is 4.86. The van der Waals surface area contributed by atoms with E-state index in [0.29, 0.717) is 17.9 Å². The first-order chi connectivity index (χ1) is 10.9. The molecular weight excluding hydrogens is 304 g/mol. The summed E-state index contributed by atoms with van der Waals surface area (Å²) in [6.45, 7) is 9.00. The maximum Gasteiger partial charge on any atom is 0.225 e. The lowest BCUT2D eigenvalue weighted by Gasteiger charge is -2.33. The predicted molar refractivity (Wildman–Crippen MR) is 96.8 cm³/mol. The highest BCUT2D eigenvalue weighted by atomic mass is 32.1. The maximum atomic E-state index is 12.1. The second-order valence-electron chi connectivity index (χ2n) is 7.63. The molecule has 23 heavy (non-hydrogen) atoms. The van der Waals surface area contributed by atoms with Crippen LogP contribution in [0.2, 0.25) is 0 Å². The van der Waals surface area contributed by atoms with Gasteiger partial charge in [0.05, 0.1) is 5.56 Å². The minimum Gasteiger partial charge on any atom is -0.317 e. The summed E-state index contributed by atoms with van der Waals surface area (Å²) >= 11 is 1.62. The topological polar surface area (TPSA) is 52.9 Å². The number of nitrogens with zero attached hydrogens (tertiary/aromatic N) is 1. The lowest BCUT2D eigenvalue weighted by molar-refractivity contribution is -0.116. The molecule has 4 heteroatoms. The van der Waals surface area contributed by atoms with Gasteiger partial charge < -0.3 is 5.32 Å². The van der Waals surface area contributed by atoms with Gasteiger partial charge in [0, 0.05) is 11.3 Å². The number of amides is 1. The molecule has 1 N–H and O–H groups in total. The van der Waals surface area contributed by atoms with Crippen molar-refractivity contribution >= 4 is 22.2 Å². The molecule has 0 aromatic carbocycles. The van der Waals surface area contributed by atoms with Crippen LogP contribution in [0.15, 0.2) is 0 Å². The molecular formula is C19H28N2OS. The first kappa shape index (κ1) is 18.0. The van der Waals surface area contributed by atoms with Crippen LogP contribution in [-0.2, 0) is 17.6 Å². The molecule has 0 aliphatic heterocycles. The Bertz CT molecular complexity index is 604. The number of carbonyl (C=O) groups is 1. The molecule has 0 fully saturated rings. The van der Waals surface area contributed by atoms with Crippen molar-refractivity contribution in [2.45, 2.75) is 72.6 Å². The van der Waals surface area contributed by atoms with Gasteiger partial charge in [0.1, 0.15) is 11.1 Å². The number of anilines is 1. The van der Waals surface area contributed by atoms with Crippen LogP contribution in [-0.4, -0.2) is 5.91 Å². The van der Waals surface area contributed by atoms with Gasteiger partial charge in [-0.15, -0.1) is 11.3 Å². The number of nitriles is 1. The van der Waals surface area contributed by atoms with E-state index in [-0.39, 0.29) is 11.3 Å². The maximum absolute atomic E-state index is 12.1. The Kier molecular flexibility index (Phi) is 5.86. The summed E-state index contributed by atoms with van der Waals surface area (Å²) in [5.74, 6) is 0.689. The molecule has 0 saturated carbocycles. The van der Waals surface area contributed by atoms with Gasteiger partial charge in [-0.2, -0.15) is 5.26 Å². The number of nitrogens with one attached hydrogen (secondary N) is 1. The van der Waals surface area contributed by atoms with E-state index < -0.39 is 0 Å². The summed E-state index contributed by atoms with van der Waals surface area (Å²) in [5, 5.41) is 13.3. The molecule has 1 amide bonds. The van der Waals surface area contributed by atoms with Crippen LogP contribution in [0, 0.1) is 22.7 Å². The second-order valence-corrected chi connectivity index (χ2v) is 8.74. The number of fused-ring (bicyclic) bond motifs is 1. The van der Waals surface area contributed by atoms with E-state index in [4.69, 9.17) is 0 Å². The zero-order chi connectivity index (χ0) is 17.0. The number of carbonyl (C=O) groups excluding carboxylic acids is 1. The molecule has 1 unspecified atom stereocenters. The predicted octanol–water partition coefficient (Wildman–Crippen LogP) is 5.29. The van der Waals surface area contributed by atoms with Crippen molar-refractivity contribution in [2.24, 2.45) is 11.3 Å². The van der Waals surface area contributed by atoms with Gasteiger partial charge in [0.2, 0.25) is 5.91 Å². The van der Waals surface area contributed by atoms with E-state index in [9.17, 15) is 10.1 Å². The molecule has 0 spiro atoms. The fourth-order valence-electron chi connectivity index (χ4n) is 3.26. The van der Waals surface area contributed by atoms with Crippen molar-refractivity contribution in [1.29, 1.82) is 5.26 Å². The van der Waals surface area contributed by atoms with Crippen molar-refractivity contribution < 1.29 is 4.79 Å². The molecule has 1 atom stereocenters. The molecule has 0 radical (unpaired) electrons. The zero-order valence-electron chi connectivity index (χ0n) is 14.8. The van der Waals surface area contributed by atoms with Gasteiger partial charge in [0.15, 0.2) is 0 Å². The summed E-state index contributed by atoms with van der Waals surface area (Å²) < 4.78 is 0. The third kappa shape index (κ3) is 4.35. The van der Waals surface area contributed by atoms with Crippen LogP contribution in [0.1, 0.15) is 75.8 Å². The fourth-order valence-corrected chi connectivity index (χ4v) is 4.55. The lowest BCUT2D eigenvalue weighted by Crippen LogP contribution is -2.26. The molecule has 1 aliphatic carbocycles. The lowest BCUT2D eigenvalue weighted by atomic mass is 9.72. The molecule has 3 nitrogen and oxygen atoms in total. The van der Waals surface area contributed by atoms with Gasteiger partial charge in [0.25, 0.3) is 0 Å².